The summed E-state index contributed by atoms with van der Waals surface area (Å²) in [4.78, 5) is 0. The molecule has 78 valence electrons. The molecule has 0 radical (unpaired) electrons. The molecule has 0 saturated carbocycles. The summed E-state index contributed by atoms with van der Waals surface area (Å²) in [5.74, 6) is 0. The summed E-state index contributed by atoms with van der Waals surface area (Å²) < 4.78 is 38.1. The summed E-state index contributed by atoms with van der Waals surface area (Å²) >= 11 is 3.04. The molecule has 0 nitrogen and oxygen atoms in total. The van der Waals surface area contributed by atoms with E-state index in [0.29, 0.717) is 22.9 Å². The minimum atomic E-state index is -4.26. The van der Waals surface area contributed by atoms with Crippen LogP contribution in [0.25, 0.3) is 0 Å². The van der Waals surface area contributed by atoms with Gasteiger partial charge in [0.2, 0.25) is 0 Å². The summed E-state index contributed by atoms with van der Waals surface area (Å²) in [6.45, 7) is 1.86. The maximum absolute atomic E-state index is 12.5. The van der Waals surface area contributed by atoms with Crippen molar-refractivity contribution in [2.75, 3.05) is 0 Å². The first kappa shape index (κ1) is 11.6. The van der Waals surface area contributed by atoms with Crippen molar-refractivity contribution in [1.82, 2.24) is 0 Å². The fourth-order valence-corrected chi connectivity index (χ4v) is 1.66. The topological polar surface area (TPSA) is 0 Å². The van der Waals surface area contributed by atoms with Gasteiger partial charge in [-0.1, -0.05) is 35.3 Å². The van der Waals surface area contributed by atoms with Crippen LogP contribution in [-0.2, 0) is 12.6 Å². The van der Waals surface area contributed by atoms with Gasteiger partial charge in [0.25, 0.3) is 0 Å². The Balaban J connectivity index is 3.16. The molecule has 1 aromatic rings. The highest BCUT2D eigenvalue weighted by atomic mass is 79.9. The maximum atomic E-state index is 12.5. The molecule has 0 aromatic heterocycles. The fraction of sp³-hybridized carbons (Fsp3) is 0.400. The Labute approximate surface area is 89.3 Å². The lowest BCUT2D eigenvalue weighted by Gasteiger charge is -2.12. The summed E-state index contributed by atoms with van der Waals surface area (Å²) in [6, 6.07) is 4.29. The van der Waals surface area contributed by atoms with Crippen molar-refractivity contribution in [3.63, 3.8) is 0 Å². The van der Waals surface area contributed by atoms with Crippen molar-refractivity contribution in [3.8, 4) is 0 Å². The predicted octanol–water partition coefficient (Wildman–Crippen LogP) is 4.42. The van der Waals surface area contributed by atoms with Gasteiger partial charge in [-0.2, -0.15) is 13.2 Å². The Morgan fingerprint density at radius 1 is 1.29 bits per heavy atom. The van der Waals surface area contributed by atoms with Gasteiger partial charge in [-0.25, -0.2) is 0 Å². The zero-order valence-corrected chi connectivity index (χ0v) is 9.24. The van der Waals surface area contributed by atoms with E-state index in [0.717, 1.165) is 6.07 Å². The van der Waals surface area contributed by atoms with Crippen molar-refractivity contribution >= 4 is 15.9 Å². The van der Waals surface area contributed by atoms with Gasteiger partial charge in [-0.3, -0.25) is 0 Å². The van der Waals surface area contributed by atoms with E-state index < -0.39 is 11.7 Å². The third-order valence-corrected chi connectivity index (χ3v) is 2.39. The average Bonchev–Trinajstić information content (AvgIpc) is 2.07. The summed E-state index contributed by atoms with van der Waals surface area (Å²) in [5, 5.41) is 0. The van der Waals surface area contributed by atoms with Gasteiger partial charge in [0.05, 0.1) is 5.56 Å². The molecule has 0 aliphatic heterocycles. The largest absolute Gasteiger partial charge is 0.416 e. The minimum absolute atomic E-state index is 0.364. The smallest absolute Gasteiger partial charge is 0.166 e. The molecular weight excluding hydrogens is 257 g/mol. The lowest BCUT2D eigenvalue weighted by molar-refractivity contribution is -0.138. The highest BCUT2D eigenvalue weighted by Gasteiger charge is 2.32. The van der Waals surface area contributed by atoms with Gasteiger partial charge >= 0.3 is 6.18 Å². The third-order valence-electron chi connectivity index (χ3n) is 1.90. The van der Waals surface area contributed by atoms with Gasteiger partial charge in [0, 0.05) is 4.47 Å². The van der Waals surface area contributed by atoms with Gasteiger partial charge in [0.1, 0.15) is 0 Å². The average molecular weight is 267 g/mol. The quantitative estimate of drug-likeness (QED) is 0.744. The number of hydrogen-bond acceptors (Lipinski definition) is 0. The number of halogens is 4. The van der Waals surface area contributed by atoms with Crippen LogP contribution in [0.1, 0.15) is 24.5 Å². The molecule has 14 heavy (non-hydrogen) atoms. The highest BCUT2D eigenvalue weighted by molar-refractivity contribution is 9.10. The Morgan fingerprint density at radius 2 is 1.93 bits per heavy atom. The van der Waals surface area contributed by atoms with Crippen LogP contribution in [0.5, 0.6) is 0 Å². The van der Waals surface area contributed by atoms with E-state index in [4.69, 9.17) is 0 Å². The third kappa shape index (κ3) is 2.74. The Kier molecular flexibility index (Phi) is 3.59. The van der Waals surface area contributed by atoms with E-state index in [1.54, 1.807) is 6.07 Å². The second-order valence-corrected chi connectivity index (χ2v) is 3.96. The summed E-state index contributed by atoms with van der Waals surface area (Å²) in [5.41, 5.74) is -0.170. The van der Waals surface area contributed by atoms with E-state index in [1.165, 1.54) is 6.07 Å². The number of alkyl halides is 3. The molecule has 0 aliphatic rings. The van der Waals surface area contributed by atoms with Gasteiger partial charge < -0.3 is 0 Å². The van der Waals surface area contributed by atoms with Crippen LogP contribution >= 0.6 is 15.9 Å². The molecule has 0 unspecified atom stereocenters. The molecule has 0 fully saturated rings. The molecule has 0 atom stereocenters. The first-order chi connectivity index (χ1) is 6.45. The van der Waals surface area contributed by atoms with Crippen molar-refractivity contribution in [1.29, 1.82) is 0 Å². The summed E-state index contributed by atoms with van der Waals surface area (Å²) in [6.07, 6.45) is -3.08. The Bertz CT molecular complexity index is 318. The number of rotatable bonds is 2. The van der Waals surface area contributed by atoms with Crippen molar-refractivity contribution in [2.24, 2.45) is 0 Å². The van der Waals surface area contributed by atoms with Gasteiger partial charge in [0.15, 0.2) is 0 Å². The van der Waals surface area contributed by atoms with E-state index in [9.17, 15) is 13.2 Å². The normalized spacial score (nSPS) is 11.8. The number of hydrogen-bond donors (Lipinski definition) is 0. The molecule has 1 rings (SSSR count). The predicted molar refractivity (Wildman–Crippen MR) is 53.1 cm³/mol. The standard InChI is InChI=1S/C10H10BrF3/c1-2-3-7-4-5-8(11)6-9(7)10(12,13)14/h4-6H,2-3H2,1H3. The number of benzene rings is 1. The van der Waals surface area contributed by atoms with E-state index in [1.807, 2.05) is 6.92 Å². The molecular formula is C10H10BrF3. The molecule has 0 N–H and O–H groups in total. The first-order valence-corrected chi connectivity index (χ1v) is 5.10. The first-order valence-electron chi connectivity index (χ1n) is 4.30. The van der Waals surface area contributed by atoms with E-state index in [-0.39, 0.29) is 0 Å². The highest BCUT2D eigenvalue weighted by Crippen LogP contribution is 2.34. The molecule has 0 amide bonds. The van der Waals surface area contributed by atoms with Crippen molar-refractivity contribution in [2.45, 2.75) is 25.9 Å². The monoisotopic (exact) mass is 266 g/mol. The van der Waals surface area contributed by atoms with Crippen LogP contribution in [0, 0.1) is 0 Å². The maximum Gasteiger partial charge on any atom is 0.416 e. The lowest BCUT2D eigenvalue weighted by atomic mass is 10.0. The fourth-order valence-electron chi connectivity index (χ4n) is 1.30. The van der Waals surface area contributed by atoms with Crippen LogP contribution < -0.4 is 0 Å². The Morgan fingerprint density at radius 3 is 2.43 bits per heavy atom. The lowest BCUT2D eigenvalue weighted by Crippen LogP contribution is -2.09. The second kappa shape index (κ2) is 4.34. The second-order valence-electron chi connectivity index (χ2n) is 3.05. The van der Waals surface area contributed by atoms with E-state index >= 15 is 0 Å². The van der Waals surface area contributed by atoms with Crippen molar-refractivity contribution < 1.29 is 13.2 Å². The van der Waals surface area contributed by atoms with Crippen LogP contribution in [0.3, 0.4) is 0 Å². The van der Waals surface area contributed by atoms with Crippen LogP contribution in [0.15, 0.2) is 22.7 Å². The SMILES string of the molecule is CCCc1ccc(Br)cc1C(F)(F)F. The molecule has 0 heterocycles. The van der Waals surface area contributed by atoms with Crippen molar-refractivity contribution in [3.05, 3.63) is 33.8 Å². The zero-order chi connectivity index (χ0) is 10.8. The van der Waals surface area contributed by atoms with Crippen LogP contribution in [0.4, 0.5) is 13.2 Å². The molecule has 0 bridgehead atoms. The molecule has 0 spiro atoms. The Hall–Kier alpha value is -0.510. The van der Waals surface area contributed by atoms with Gasteiger partial charge in [-0.05, 0) is 24.1 Å². The van der Waals surface area contributed by atoms with Crippen LogP contribution in [-0.4, -0.2) is 0 Å². The van der Waals surface area contributed by atoms with E-state index in [2.05, 4.69) is 15.9 Å². The molecule has 0 saturated heterocycles. The summed E-state index contributed by atoms with van der Waals surface area (Å²) in [7, 11) is 0. The minimum Gasteiger partial charge on any atom is -0.166 e. The zero-order valence-electron chi connectivity index (χ0n) is 7.66. The van der Waals surface area contributed by atoms with Crippen LogP contribution in [0.2, 0.25) is 0 Å². The number of aryl methyl sites for hydroxylation is 1. The molecule has 4 heteroatoms. The molecule has 1 aromatic carbocycles. The van der Waals surface area contributed by atoms with Gasteiger partial charge in [-0.15, -0.1) is 0 Å². The molecule has 0 aliphatic carbocycles.